The van der Waals surface area contributed by atoms with E-state index in [9.17, 15) is 9.59 Å². The molecule has 2 aromatic rings. The third-order valence-electron chi connectivity index (χ3n) is 4.18. The number of para-hydroxylation sites is 1. The standard InChI is InChI=1S/C16H17NO4/c1-9-4-3-5-12-10(2)14(21-13(9)12)15(18)17-7-6-11(8-17)16(19)20/h3-5,11H,6-8H2,1-2H3,(H,19,20)/t11-/m1/s1. The zero-order chi connectivity index (χ0) is 15.1. The summed E-state index contributed by atoms with van der Waals surface area (Å²) in [5, 5.41) is 9.96. The van der Waals surface area contributed by atoms with Gasteiger partial charge in [-0.3, -0.25) is 9.59 Å². The SMILES string of the molecule is Cc1c(C(=O)N2CC[C@@H](C(=O)O)C2)oc2c(C)cccc12. The molecule has 1 fully saturated rings. The lowest BCUT2D eigenvalue weighted by molar-refractivity contribution is -0.141. The summed E-state index contributed by atoms with van der Waals surface area (Å²) in [6, 6.07) is 5.81. The molecular formula is C16H17NO4. The van der Waals surface area contributed by atoms with Gasteiger partial charge in [0.2, 0.25) is 0 Å². The summed E-state index contributed by atoms with van der Waals surface area (Å²) in [4.78, 5) is 25.1. The number of carboxylic acid groups (broad SMARTS) is 1. The number of hydrogen-bond donors (Lipinski definition) is 1. The van der Waals surface area contributed by atoms with Gasteiger partial charge in [-0.2, -0.15) is 0 Å². The third-order valence-corrected chi connectivity index (χ3v) is 4.18. The summed E-state index contributed by atoms with van der Waals surface area (Å²) in [6.45, 7) is 4.52. The van der Waals surface area contributed by atoms with E-state index in [4.69, 9.17) is 9.52 Å². The Hall–Kier alpha value is -2.30. The number of benzene rings is 1. The molecule has 110 valence electrons. The van der Waals surface area contributed by atoms with Crippen LogP contribution in [0.15, 0.2) is 22.6 Å². The lowest BCUT2D eigenvalue weighted by Gasteiger charge is -2.14. The highest BCUT2D eigenvalue weighted by atomic mass is 16.4. The van der Waals surface area contributed by atoms with Gasteiger partial charge < -0.3 is 14.4 Å². The first kappa shape index (κ1) is 13.7. The molecule has 0 aliphatic carbocycles. The number of fused-ring (bicyclic) bond motifs is 1. The van der Waals surface area contributed by atoms with Crippen LogP contribution in [0.25, 0.3) is 11.0 Å². The van der Waals surface area contributed by atoms with Gasteiger partial charge in [-0.15, -0.1) is 0 Å². The van der Waals surface area contributed by atoms with Crippen molar-refractivity contribution in [1.29, 1.82) is 0 Å². The fraction of sp³-hybridized carbons (Fsp3) is 0.375. The molecule has 1 aliphatic rings. The van der Waals surface area contributed by atoms with E-state index in [0.717, 1.165) is 22.1 Å². The summed E-state index contributed by atoms with van der Waals surface area (Å²) < 4.78 is 5.76. The molecule has 1 aromatic carbocycles. The minimum atomic E-state index is -0.845. The second kappa shape index (κ2) is 4.91. The monoisotopic (exact) mass is 287 g/mol. The topological polar surface area (TPSA) is 70.8 Å². The molecule has 0 spiro atoms. The maximum Gasteiger partial charge on any atom is 0.308 e. The minimum absolute atomic E-state index is 0.216. The van der Waals surface area contributed by atoms with Gasteiger partial charge in [0.15, 0.2) is 5.76 Å². The molecule has 1 saturated heterocycles. The maximum atomic E-state index is 12.6. The molecule has 1 amide bonds. The largest absolute Gasteiger partial charge is 0.481 e. The summed E-state index contributed by atoms with van der Waals surface area (Å²) in [6.07, 6.45) is 0.499. The zero-order valence-electron chi connectivity index (χ0n) is 12.0. The number of rotatable bonds is 2. The Morgan fingerprint density at radius 1 is 1.33 bits per heavy atom. The first-order chi connectivity index (χ1) is 9.99. The van der Waals surface area contributed by atoms with Gasteiger partial charge in [0.1, 0.15) is 5.58 Å². The lowest BCUT2D eigenvalue weighted by Crippen LogP contribution is -2.30. The molecule has 1 aliphatic heterocycles. The van der Waals surface area contributed by atoms with Crippen molar-refractivity contribution in [2.45, 2.75) is 20.3 Å². The number of carbonyl (C=O) groups excluding carboxylic acids is 1. The Balaban J connectivity index is 1.94. The summed E-state index contributed by atoms with van der Waals surface area (Å²) in [5.74, 6) is -1.21. The Kier molecular flexibility index (Phi) is 3.20. The highest BCUT2D eigenvalue weighted by Crippen LogP contribution is 2.29. The van der Waals surface area contributed by atoms with Crippen molar-refractivity contribution in [2.24, 2.45) is 5.92 Å². The number of aryl methyl sites for hydroxylation is 2. The van der Waals surface area contributed by atoms with Crippen LogP contribution in [-0.2, 0) is 4.79 Å². The smallest absolute Gasteiger partial charge is 0.308 e. The second-order valence-electron chi connectivity index (χ2n) is 5.58. The predicted octanol–water partition coefficient (Wildman–Crippen LogP) is 2.60. The fourth-order valence-corrected chi connectivity index (χ4v) is 2.88. The van der Waals surface area contributed by atoms with Crippen LogP contribution < -0.4 is 0 Å². The molecule has 2 heterocycles. The first-order valence-corrected chi connectivity index (χ1v) is 7.00. The zero-order valence-corrected chi connectivity index (χ0v) is 12.0. The number of carboxylic acids is 1. The van der Waals surface area contributed by atoms with Gasteiger partial charge in [0.05, 0.1) is 5.92 Å². The van der Waals surface area contributed by atoms with E-state index in [1.807, 2.05) is 32.0 Å². The van der Waals surface area contributed by atoms with Crippen LogP contribution in [0.2, 0.25) is 0 Å². The summed E-state index contributed by atoms with van der Waals surface area (Å²) >= 11 is 0. The number of aliphatic carboxylic acids is 1. The Labute approximate surface area is 122 Å². The molecule has 3 rings (SSSR count). The highest BCUT2D eigenvalue weighted by molar-refractivity contribution is 5.99. The Bertz CT molecular complexity index is 731. The number of hydrogen-bond acceptors (Lipinski definition) is 3. The number of likely N-dealkylation sites (tertiary alicyclic amines) is 1. The summed E-state index contributed by atoms with van der Waals surface area (Å²) in [5.41, 5.74) is 2.53. The molecule has 1 N–H and O–H groups in total. The normalized spacial score (nSPS) is 18.4. The second-order valence-corrected chi connectivity index (χ2v) is 5.58. The molecule has 0 radical (unpaired) electrons. The van der Waals surface area contributed by atoms with E-state index in [1.54, 1.807) is 4.90 Å². The number of nitrogens with zero attached hydrogens (tertiary/aromatic N) is 1. The quantitative estimate of drug-likeness (QED) is 0.921. The van der Waals surface area contributed by atoms with E-state index in [-0.39, 0.29) is 12.5 Å². The number of carbonyl (C=O) groups is 2. The Morgan fingerprint density at radius 3 is 2.71 bits per heavy atom. The van der Waals surface area contributed by atoms with Crippen LogP contribution in [0.3, 0.4) is 0 Å². The van der Waals surface area contributed by atoms with Gasteiger partial charge in [-0.05, 0) is 25.8 Å². The van der Waals surface area contributed by atoms with E-state index in [0.29, 0.717) is 18.7 Å². The molecule has 1 aromatic heterocycles. The average molecular weight is 287 g/mol. The van der Waals surface area contributed by atoms with Crippen LogP contribution in [0, 0.1) is 19.8 Å². The average Bonchev–Trinajstić information content (AvgIpc) is 3.05. The van der Waals surface area contributed by atoms with Crippen molar-refractivity contribution < 1.29 is 19.1 Å². The van der Waals surface area contributed by atoms with E-state index < -0.39 is 11.9 Å². The lowest BCUT2D eigenvalue weighted by atomic mass is 10.1. The van der Waals surface area contributed by atoms with Crippen LogP contribution >= 0.6 is 0 Å². The van der Waals surface area contributed by atoms with Crippen molar-refractivity contribution in [2.75, 3.05) is 13.1 Å². The first-order valence-electron chi connectivity index (χ1n) is 7.00. The maximum absolute atomic E-state index is 12.6. The molecule has 5 nitrogen and oxygen atoms in total. The third kappa shape index (κ3) is 2.18. The molecular weight excluding hydrogens is 270 g/mol. The van der Waals surface area contributed by atoms with E-state index in [2.05, 4.69) is 0 Å². The van der Waals surface area contributed by atoms with Crippen molar-refractivity contribution in [3.8, 4) is 0 Å². The van der Waals surface area contributed by atoms with Gasteiger partial charge in [0.25, 0.3) is 5.91 Å². The fourth-order valence-electron chi connectivity index (χ4n) is 2.88. The van der Waals surface area contributed by atoms with Crippen molar-refractivity contribution in [3.63, 3.8) is 0 Å². The van der Waals surface area contributed by atoms with Crippen molar-refractivity contribution in [3.05, 3.63) is 35.1 Å². The van der Waals surface area contributed by atoms with Crippen LogP contribution in [0.1, 0.15) is 28.1 Å². The van der Waals surface area contributed by atoms with E-state index >= 15 is 0 Å². The van der Waals surface area contributed by atoms with Crippen LogP contribution in [0.4, 0.5) is 0 Å². The Morgan fingerprint density at radius 2 is 2.10 bits per heavy atom. The van der Waals surface area contributed by atoms with Gasteiger partial charge in [-0.25, -0.2) is 0 Å². The minimum Gasteiger partial charge on any atom is -0.481 e. The molecule has 0 saturated carbocycles. The van der Waals surface area contributed by atoms with Crippen LogP contribution in [0.5, 0.6) is 0 Å². The van der Waals surface area contributed by atoms with Gasteiger partial charge in [0, 0.05) is 24.0 Å². The van der Waals surface area contributed by atoms with Crippen molar-refractivity contribution >= 4 is 22.8 Å². The molecule has 5 heteroatoms. The predicted molar refractivity (Wildman–Crippen MR) is 77.3 cm³/mol. The van der Waals surface area contributed by atoms with Crippen molar-refractivity contribution in [1.82, 2.24) is 4.90 Å². The highest BCUT2D eigenvalue weighted by Gasteiger charge is 2.33. The van der Waals surface area contributed by atoms with Gasteiger partial charge >= 0.3 is 5.97 Å². The van der Waals surface area contributed by atoms with E-state index in [1.165, 1.54) is 0 Å². The molecule has 0 bridgehead atoms. The molecule has 1 atom stereocenters. The number of amides is 1. The number of furan rings is 1. The molecule has 21 heavy (non-hydrogen) atoms. The van der Waals surface area contributed by atoms with Crippen LogP contribution in [-0.4, -0.2) is 35.0 Å². The summed E-state index contributed by atoms with van der Waals surface area (Å²) in [7, 11) is 0. The molecule has 0 unspecified atom stereocenters. The van der Waals surface area contributed by atoms with Gasteiger partial charge in [-0.1, -0.05) is 18.2 Å².